The molecule has 1 aliphatic carbocycles. The number of H-pyrrole nitrogens is 1. The van der Waals surface area contributed by atoms with Crippen LogP contribution < -0.4 is 10.6 Å². The van der Waals surface area contributed by atoms with Crippen molar-refractivity contribution in [2.45, 2.75) is 56.4 Å². The van der Waals surface area contributed by atoms with Crippen molar-refractivity contribution in [3.63, 3.8) is 0 Å². The molecule has 1 saturated heterocycles. The van der Waals surface area contributed by atoms with E-state index < -0.39 is 30.8 Å². The summed E-state index contributed by atoms with van der Waals surface area (Å²) in [5.41, 5.74) is 1.02. The largest absolute Gasteiger partial charge is 0.308 e. The molecular weight excluding hydrogens is 314 g/mol. The summed E-state index contributed by atoms with van der Waals surface area (Å²) >= 11 is 0. The molecule has 3 N–H and O–H groups in total. The van der Waals surface area contributed by atoms with Crippen molar-refractivity contribution < 1.29 is 13.6 Å². The van der Waals surface area contributed by atoms with Crippen LogP contribution in [0.2, 0.25) is 0 Å². The monoisotopic (exact) mass is 334 g/mol. The molecule has 1 saturated carbocycles. The van der Waals surface area contributed by atoms with E-state index in [4.69, 9.17) is 0 Å². The standard InChI is InChI=1S/C14H20F2N4O.ClH/c15-14(16)7-11(17-8-14)13(21)18-12-6-10(19-20-12)9-4-2-1-3-5-9;/h6,9,11,17H,1-5,7-8H2,(H2,18,19,20,21);1H. The SMILES string of the molecule is Cl.O=C(Nc1cc(C2CCCCC2)[nH]n1)C1CC(F)(F)CN1. The minimum atomic E-state index is -2.80. The van der Waals surface area contributed by atoms with Crippen molar-refractivity contribution >= 4 is 24.1 Å². The first-order chi connectivity index (χ1) is 10.0. The van der Waals surface area contributed by atoms with Gasteiger partial charge in [-0.3, -0.25) is 15.2 Å². The summed E-state index contributed by atoms with van der Waals surface area (Å²) in [6.45, 7) is -0.445. The fourth-order valence-electron chi connectivity index (χ4n) is 3.14. The van der Waals surface area contributed by atoms with Crippen molar-refractivity contribution in [2.24, 2.45) is 0 Å². The molecule has 1 aromatic rings. The second kappa shape index (κ2) is 6.91. The van der Waals surface area contributed by atoms with Crippen LogP contribution in [-0.2, 0) is 4.79 Å². The average molecular weight is 335 g/mol. The molecule has 0 aromatic carbocycles. The molecule has 2 heterocycles. The molecule has 1 unspecified atom stereocenters. The van der Waals surface area contributed by atoms with Gasteiger partial charge in [-0.1, -0.05) is 19.3 Å². The molecule has 2 fully saturated rings. The number of amides is 1. The van der Waals surface area contributed by atoms with Gasteiger partial charge >= 0.3 is 0 Å². The smallest absolute Gasteiger partial charge is 0.262 e. The first kappa shape index (κ1) is 17.1. The molecule has 124 valence electrons. The zero-order valence-electron chi connectivity index (χ0n) is 12.2. The zero-order chi connectivity index (χ0) is 14.9. The van der Waals surface area contributed by atoms with Gasteiger partial charge in [0, 0.05) is 24.1 Å². The Kier molecular flexibility index (Phi) is 5.39. The van der Waals surface area contributed by atoms with Crippen LogP contribution >= 0.6 is 12.4 Å². The second-order valence-electron chi connectivity index (χ2n) is 6.03. The molecular formula is C14H21ClF2N4O. The van der Waals surface area contributed by atoms with Gasteiger partial charge in [-0.2, -0.15) is 5.10 Å². The molecule has 1 aromatic heterocycles. The van der Waals surface area contributed by atoms with E-state index in [2.05, 4.69) is 20.8 Å². The summed E-state index contributed by atoms with van der Waals surface area (Å²) in [6, 6.07) is 0.968. The number of nitrogens with zero attached hydrogens (tertiary/aromatic N) is 1. The van der Waals surface area contributed by atoms with E-state index in [0.717, 1.165) is 18.5 Å². The maximum absolute atomic E-state index is 13.1. The summed E-state index contributed by atoms with van der Waals surface area (Å²) in [6.07, 6.45) is 5.51. The number of rotatable bonds is 3. The van der Waals surface area contributed by atoms with E-state index in [9.17, 15) is 13.6 Å². The number of carbonyl (C=O) groups is 1. The van der Waals surface area contributed by atoms with Gasteiger partial charge in [0.2, 0.25) is 5.91 Å². The first-order valence-corrected chi connectivity index (χ1v) is 7.51. The molecule has 1 aliphatic heterocycles. The fraction of sp³-hybridized carbons (Fsp3) is 0.714. The van der Waals surface area contributed by atoms with Gasteiger partial charge in [-0.15, -0.1) is 12.4 Å². The molecule has 0 bridgehead atoms. The van der Waals surface area contributed by atoms with E-state index in [1.165, 1.54) is 19.3 Å². The third kappa shape index (κ3) is 3.95. The highest BCUT2D eigenvalue weighted by Crippen LogP contribution is 2.32. The quantitative estimate of drug-likeness (QED) is 0.796. The molecule has 2 aliphatic rings. The number of hydrogen-bond acceptors (Lipinski definition) is 3. The van der Waals surface area contributed by atoms with Crippen LogP contribution in [0, 0.1) is 0 Å². The zero-order valence-corrected chi connectivity index (χ0v) is 13.0. The predicted molar refractivity (Wildman–Crippen MR) is 81.6 cm³/mol. The van der Waals surface area contributed by atoms with Crippen molar-refractivity contribution in [1.29, 1.82) is 0 Å². The minimum Gasteiger partial charge on any atom is -0.308 e. The number of aromatic amines is 1. The van der Waals surface area contributed by atoms with Crippen molar-refractivity contribution in [1.82, 2.24) is 15.5 Å². The van der Waals surface area contributed by atoms with Gasteiger partial charge in [0.1, 0.15) is 0 Å². The van der Waals surface area contributed by atoms with Crippen LogP contribution in [0.1, 0.15) is 50.1 Å². The van der Waals surface area contributed by atoms with Gasteiger partial charge in [0.25, 0.3) is 5.92 Å². The Bertz CT molecular complexity index is 517. The molecule has 5 nitrogen and oxygen atoms in total. The highest BCUT2D eigenvalue weighted by atomic mass is 35.5. The molecule has 8 heteroatoms. The number of aromatic nitrogens is 2. The summed E-state index contributed by atoms with van der Waals surface area (Å²) in [7, 11) is 0. The van der Waals surface area contributed by atoms with E-state index >= 15 is 0 Å². The molecule has 0 spiro atoms. The highest BCUT2D eigenvalue weighted by Gasteiger charge is 2.42. The normalized spacial score (nSPS) is 24.7. The van der Waals surface area contributed by atoms with E-state index in [1.54, 1.807) is 0 Å². The summed E-state index contributed by atoms with van der Waals surface area (Å²) in [4.78, 5) is 11.9. The van der Waals surface area contributed by atoms with Crippen molar-refractivity contribution in [2.75, 3.05) is 11.9 Å². The van der Waals surface area contributed by atoms with Gasteiger partial charge in [0.05, 0.1) is 12.6 Å². The number of alkyl halides is 2. The number of carbonyl (C=O) groups excluding carboxylic acids is 1. The maximum Gasteiger partial charge on any atom is 0.262 e. The van der Waals surface area contributed by atoms with E-state index in [0.29, 0.717) is 11.7 Å². The van der Waals surface area contributed by atoms with Crippen LogP contribution in [0.25, 0.3) is 0 Å². The van der Waals surface area contributed by atoms with E-state index in [1.807, 2.05) is 6.07 Å². The summed E-state index contributed by atoms with van der Waals surface area (Å²) in [5.74, 6) is -2.38. The Balaban J connectivity index is 0.00000176. The molecule has 22 heavy (non-hydrogen) atoms. The first-order valence-electron chi connectivity index (χ1n) is 7.51. The van der Waals surface area contributed by atoms with Crippen LogP contribution in [0.15, 0.2) is 6.07 Å². The fourth-order valence-corrected chi connectivity index (χ4v) is 3.14. The minimum absolute atomic E-state index is 0. The number of nitrogens with one attached hydrogen (secondary N) is 3. The van der Waals surface area contributed by atoms with Gasteiger partial charge < -0.3 is 5.32 Å². The maximum atomic E-state index is 13.1. The second-order valence-corrected chi connectivity index (χ2v) is 6.03. The lowest BCUT2D eigenvalue weighted by Crippen LogP contribution is -2.35. The Hall–Kier alpha value is -1.21. The summed E-state index contributed by atoms with van der Waals surface area (Å²) in [5, 5.41) is 12.2. The lowest BCUT2D eigenvalue weighted by Gasteiger charge is -2.19. The number of hydrogen-bond donors (Lipinski definition) is 3. The molecule has 1 amide bonds. The molecule has 3 rings (SSSR count). The lowest BCUT2D eigenvalue weighted by atomic mass is 9.87. The Morgan fingerprint density at radius 2 is 2.05 bits per heavy atom. The van der Waals surface area contributed by atoms with Crippen LogP contribution in [0.3, 0.4) is 0 Å². The van der Waals surface area contributed by atoms with Crippen molar-refractivity contribution in [3.8, 4) is 0 Å². The molecule has 0 radical (unpaired) electrons. The van der Waals surface area contributed by atoms with Gasteiger partial charge in [0.15, 0.2) is 5.82 Å². The van der Waals surface area contributed by atoms with Gasteiger partial charge in [-0.25, -0.2) is 8.78 Å². The van der Waals surface area contributed by atoms with E-state index in [-0.39, 0.29) is 12.4 Å². The van der Waals surface area contributed by atoms with Crippen LogP contribution in [0.4, 0.5) is 14.6 Å². The lowest BCUT2D eigenvalue weighted by molar-refractivity contribution is -0.118. The Morgan fingerprint density at radius 1 is 1.32 bits per heavy atom. The van der Waals surface area contributed by atoms with Crippen LogP contribution in [0.5, 0.6) is 0 Å². The third-order valence-corrected chi connectivity index (χ3v) is 4.32. The Morgan fingerprint density at radius 3 is 2.68 bits per heavy atom. The average Bonchev–Trinajstić information content (AvgIpc) is 3.06. The third-order valence-electron chi connectivity index (χ3n) is 4.32. The number of anilines is 1. The van der Waals surface area contributed by atoms with Crippen molar-refractivity contribution in [3.05, 3.63) is 11.8 Å². The van der Waals surface area contributed by atoms with Gasteiger partial charge in [-0.05, 0) is 12.8 Å². The number of halogens is 3. The topological polar surface area (TPSA) is 69.8 Å². The molecule has 1 atom stereocenters. The summed E-state index contributed by atoms with van der Waals surface area (Å²) < 4.78 is 26.2. The van der Waals surface area contributed by atoms with Crippen LogP contribution in [-0.4, -0.2) is 34.6 Å². The highest BCUT2D eigenvalue weighted by molar-refractivity contribution is 5.94. The Labute approximate surface area is 134 Å². The predicted octanol–water partition coefficient (Wildman–Crippen LogP) is 2.81.